The van der Waals surface area contributed by atoms with Crippen molar-refractivity contribution >= 4 is 0 Å². The van der Waals surface area contributed by atoms with Crippen molar-refractivity contribution in [1.82, 2.24) is 0 Å². The third-order valence-corrected chi connectivity index (χ3v) is 2.00. The monoisotopic (exact) mass is 171 g/mol. The fourth-order valence-corrected chi connectivity index (χ4v) is 1.28. The van der Waals surface area contributed by atoms with Crippen molar-refractivity contribution < 1.29 is 9.59 Å². The molecule has 0 saturated heterocycles. The Balaban J connectivity index is 4.35. The molecule has 71 valence electrons. The number of aliphatic hydroxyl groups is 1. The topological polar surface area (TPSA) is 20.2 Å². The van der Waals surface area contributed by atoms with Crippen LogP contribution in [0.25, 0.3) is 0 Å². The van der Waals surface area contributed by atoms with Gasteiger partial charge in [0.05, 0.1) is 21.1 Å². The zero-order chi connectivity index (χ0) is 9.94. The standard InChI is InChI=1S/C10H21NO/c1-8(2)7-10(9(3)12)11(4,5)6/h9-10,12H,1,3,7H2,2,4-6H3/q+1. The van der Waals surface area contributed by atoms with Crippen molar-refractivity contribution in [2.45, 2.75) is 25.5 Å². The largest absolute Gasteiger partial charge is 0.387 e. The first-order chi connectivity index (χ1) is 5.25. The van der Waals surface area contributed by atoms with Gasteiger partial charge in [0.2, 0.25) is 0 Å². The molecular weight excluding hydrogens is 150 g/mol. The summed E-state index contributed by atoms with van der Waals surface area (Å²) in [7, 11) is 6.17. The molecular formula is C10H21NO+. The smallest absolute Gasteiger partial charge is 0.118 e. The molecule has 0 aliphatic heterocycles. The maximum absolute atomic E-state index is 9.43. The predicted molar refractivity (Wildman–Crippen MR) is 52.6 cm³/mol. The number of nitrogens with zero attached hydrogens (tertiary/aromatic N) is 1. The highest BCUT2D eigenvalue weighted by Crippen LogP contribution is 2.15. The predicted octanol–water partition coefficient (Wildman–Crippen LogP) is 1.22. The second-order valence-electron chi connectivity index (χ2n) is 4.41. The zero-order valence-electron chi connectivity index (χ0n) is 8.67. The molecule has 2 unspecified atom stereocenters. The first kappa shape index (κ1) is 11.7. The van der Waals surface area contributed by atoms with E-state index in [4.69, 9.17) is 0 Å². The van der Waals surface area contributed by atoms with Gasteiger partial charge in [-0.25, -0.2) is 0 Å². The van der Waals surface area contributed by atoms with Gasteiger partial charge in [0, 0.05) is 6.42 Å². The lowest BCUT2D eigenvalue weighted by atomic mass is 10.0. The molecule has 0 aliphatic carbocycles. The van der Waals surface area contributed by atoms with E-state index in [1.165, 1.54) is 0 Å². The van der Waals surface area contributed by atoms with Crippen LogP contribution >= 0.6 is 0 Å². The molecule has 0 aromatic rings. The molecule has 0 aliphatic rings. The van der Waals surface area contributed by atoms with Gasteiger partial charge in [0.15, 0.2) is 0 Å². The summed E-state index contributed by atoms with van der Waals surface area (Å²) in [4.78, 5) is 0. The Hall–Kier alpha value is -0.340. The van der Waals surface area contributed by atoms with E-state index in [2.05, 4.69) is 34.6 Å². The van der Waals surface area contributed by atoms with Crippen molar-refractivity contribution in [1.29, 1.82) is 0 Å². The Morgan fingerprint density at radius 1 is 1.42 bits per heavy atom. The molecule has 0 bridgehead atoms. The van der Waals surface area contributed by atoms with E-state index >= 15 is 0 Å². The van der Waals surface area contributed by atoms with E-state index in [9.17, 15) is 5.11 Å². The molecule has 0 rings (SSSR count). The first-order valence-corrected chi connectivity index (χ1v) is 4.21. The number of hydrogen-bond acceptors (Lipinski definition) is 1. The van der Waals surface area contributed by atoms with Gasteiger partial charge in [-0.2, -0.15) is 0 Å². The first-order valence-electron chi connectivity index (χ1n) is 4.21. The molecule has 1 N–H and O–H groups in total. The maximum atomic E-state index is 9.43. The molecule has 12 heavy (non-hydrogen) atoms. The van der Waals surface area contributed by atoms with Crippen molar-refractivity contribution in [3.05, 3.63) is 19.1 Å². The molecule has 1 radical (unpaired) electrons. The second-order valence-corrected chi connectivity index (χ2v) is 4.41. The number of rotatable bonds is 4. The van der Waals surface area contributed by atoms with Crippen molar-refractivity contribution in [2.24, 2.45) is 0 Å². The minimum absolute atomic E-state index is 0.141. The summed E-state index contributed by atoms with van der Waals surface area (Å²) in [6, 6.07) is 0.141. The van der Waals surface area contributed by atoms with Crippen LogP contribution in [0, 0.1) is 6.92 Å². The van der Waals surface area contributed by atoms with Crippen LogP contribution in [-0.2, 0) is 0 Å². The SMILES string of the molecule is [CH2]C(O)C(CC(=C)C)[N+](C)(C)C. The highest BCUT2D eigenvalue weighted by molar-refractivity contribution is 4.93. The fraction of sp³-hybridized carbons (Fsp3) is 0.700. The van der Waals surface area contributed by atoms with Crippen LogP contribution in [0.1, 0.15) is 13.3 Å². The summed E-state index contributed by atoms with van der Waals surface area (Å²) in [6.07, 6.45) is 0.301. The van der Waals surface area contributed by atoms with Gasteiger partial charge < -0.3 is 9.59 Å². The van der Waals surface area contributed by atoms with Gasteiger partial charge in [-0.3, -0.25) is 0 Å². The number of hydrogen-bond donors (Lipinski definition) is 1. The van der Waals surface area contributed by atoms with Crippen LogP contribution in [0.4, 0.5) is 0 Å². The summed E-state index contributed by atoms with van der Waals surface area (Å²) < 4.78 is 0.720. The van der Waals surface area contributed by atoms with Crippen LogP contribution < -0.4 is 0 Å². The lowest BCUT2D eigenvalue weighted by molar-refractivity contribution is -0.898. The van der Waals surface area contributed by atoms with Crippen molar-refractivity contribution in [3.63, 3.8) is 0 Å². The van der Waals surface area contributed by atoms with Gasteiger partial charge in [-0.05, 0) is 13.8 Å². The Labute approximate surface area is 76.1 Å². The van der Waals surface area contributed by atoms with E-state index in [0.717, 1.165) is 16.5 Å². The second kappa shape index (κ2) is 4.06. The molecule has 0 spiro atoms. The average Bonchev–Trinajstić information content (AvgIpc) is 1.79. The normalized spacial score (nSPS) is 17.2. The maximum Gasteiger partial charge on any atom is 0.118 e. The third kappa shape index (κ3) is 3.88. The van der Waals surface area contributed by atoms with Crippen molar-refractivity contribution in [3.8, 4) is 0 Å². The Morgan fingerprint density at radius 2 is 1.83 bits per heavy atom. The quantitative estimate of drug-likeness (QED) is 0.498. The molecule has 2 heteroatoms. The highest BCUT2D eigenvalue weighted by atomic mass is 16.3. The Morgan fingerprint density at radius 3 is 1.92 bits per heavy atom. The zero-order valence-corrected chi connectivity index (χ0v) is 8.67. The van der Waals surface area contributed by atoms with Gasteiger partial charge in [0.1, 0.15) is 12.1 Å². The molecule has 2 nitrogen and oxygen atoms in total. The van der Waals surface area contributed by atoms with Crippen LogP contribution in [0.3, 0.4) is 0 Å². The van der Waals surface area contributed by atoms with E-state index in [-0.39, 0.29) is 6.04 Å². The Kier molecular flexibility index (Phi) is 3.94. The summed E-state index contributed by atoms with van der Waals surface area (Å²) in [5.41, 5.74) is 1.09. The molecule has 0 amide bonds. The third-order valence-electron chi connectivity index (χ3n) is 2.00. The van der Waals surface area contributed by atoms with E-state index < -0.39 is 6.10 Å². The lowest BCUT2D eigenvalue weighted by Crippen LogP contribution is -2.50. The molecule has 0 heterocycles. The van der Waals surface area contributed by atoms with Crippen LogP contribution in [0.15, 0.2) is 12.2 Å². The summed E-state index contributed by atoms with van der Waals surface area (Å²) in [5, 5.41) is 9.43. The van der Waals surface area contributed by atoms with Crippen LogP contribution in [-0.4, -0.2) is 42.9 Å². The van der Waals surface area contributed by atoms with Gasteiger partial charge in [0.25, 0.3) is 0 Å². The van der Waals surface area contributed by atoms with Gasteiger partial charge in [-0.1, -0.05) is 12.2 Å². The van der Waals surface area contributed by atoms with Gasteiger partial charge >= 0.3 is 0 Å². The minimum atomic E-state index is -0.526. The fourth-order valence-electron chi connectivity index (χ4n) is 1.28. The number of aliphatic hydroxyl groups excluding tert-OH is 1. The lowest BCUT2D eigenvalue weighted by Gasteiger charge is -2.36. The minimum Gasteiger partial charge on any atom is -0.387 e. The summed E-state index contributed by atoms with van der Waals surface area (Å²) in [5.74, 6) is 0. The van der Waals surface area contributed by atoms with Crippen molar-refractivity contribution in [2.75, 3.05) is 21.1 Å². The summed E-state index contributed by atoms with van der Waals surface area (Å²) >= 11 is 0. The Bertz CT molecular complexity index is 156. The van der Waals surface area contributed by atoms with Crippen LogP contribution in [0.2, 0.25) is 0 Å². The average molecular weight is 171 g/mol. The van der Waals surface area contributed by atoms with Crippen LogP contribution in [0.5, 0.6) is 0 Å². The molecule has 0 saturated carbocycles. The number of likely N-dealkylation sites (N-methyl/N-ethyl adjacent to an activating group) is 1. The van der Waals surface area contributed by atoms with E-state index in [0.29, 0.717) is 0 Å². The molecule has 0 aromatic carbocycles. The molecule has 0 aromatic heterocycles. The van der Waals surface area contributed by atoms with E-state index in [1.54, 1.807) is 0 Å². The molecule has 0 fully saturated rings. The van der Waals surface area contributed by atoms with E-state index in [1.807, 2.05) is 6.92 Å². The summed E-state index contributed by atoms with van der Waals surface area (Å²) in [6.45, 7) is 9.48. The number of quaternary nitrogens is 1. The van der Waals surface area contributed by atoms with Gasteiger partial charge in [-0.15, -0.1) is 0 Å². The highest BCUT2D eigenvalue weighted by Gasteiger charge is 2.28. The molecule has 2 atom stereocenters.